The molecule has 0 spiro atoms. The highest BCUT2D eigenvalue weighted by Gasteiger charge is 2.45. The predicted molar refractivity (Wildman–Crippen MR) is 103 cm³/mol. The highest BCUT2D eigenvalue weighted by molar-refractivity contribution is 9.10. The van der Waals surface area contributed by atoms with Gasteiger partial charge < -0.3 is 11.1 Å². The zero-order valence-corrected chi connectivity index (χ0v) is 15.8. The molecule has 3 rings (SSSR count). The average molecular weight is 410 g/mol. The molecular formula is C19H22BrClN2O. The first kappa shape index (κ1) is 19.0. The molecule has 1 fully saturated rings. The van der Waals surface area contributed by atoms with E-state index >= 15 is 0 Å². The van der Waals surface area contributed by atoms with Gasteiger partial charge in [-0.05, 0) is 36.5 Å². The zero-order chi connectivity index (χ0) is 16.3. The first-order valence-corrected chi connectivity index (χ1v) is 8.72. The SMILES string of the molecule is Cl.N[C@@H](Cc1ccccc1)C(=O)NCC1(c2ccccc2Br)CC1. The monoisotopic (exact) mass is 408 g/mol. The van der Waals surface area contributed by atoms with Crippen LogP contribution in [0.1, 0.15) is 24.0 Å². The Hall–Kier alpha value is -1.36. The molecule has 0 unspecified atom stereocenters. The smallest absolute Gasteiger partial charge is 0.237 e. The Kier molecular flexibility index (Phi) is 6.44. The van der Waals surface area contributed by atoms with Gasteiger partial charge >= 0.3 is 0 Å². The number of benzene rings is 2. The fourth-order valence-electron chi connectivity index (χ4n) is 2.93. The third kappa shape index (κ3) is 4.38. The lowest BCUT2D eigenvalue weighted by molar-refractivity contribution is -0.122. The molecule has 1 amide bonds. The van der Waals surface area contributed by atoms with Crippen LogP contribution in [-0.4, -0.2) is 18.5 Å². The molecule has 0 heterocycles. The molecule has 24 heavy (non-hydrogen) atoms. The highest BCUT2D eigenvalue weighted by Crippen LogP contribution is 2.49. The summed E-state index contributed by atoms with van der Waals surface area (Å²) >= 11 is 3.61. The van der Waals surface area contributed by atoms with E-state index in [1.807, 2.05) is 42.5 Å². The van der Waals surface area contributed by atoms with Gasteiger partial charge in [-0.25, -0.2) is 0 Å². The molecule has 1 aliphatic carbocycles. The molecule has 0 bridgehead atoms. The maximum Gasteiger partial charge on any atom is 0.237 e. The quantitative estimate of drug-likeness (QED) is 0.766. The van der Waals surface area contributed by atoms with E-state index in [1.54, 1.807) is 0 Å². The second-order valence-electron chi connectivity index (χ2n) is 6.27. The first-order valence-electron chi connectivity index (χ1n) is 7.93. The topological polar surface area (TPSA) is 55.1 Å². The van der Waals surface area contributed by atoms with Crippen molar-refractivity contribution in [1.82, 2.24) is 5.32 Å². The molecule has 3 N–H and O–H groups in total. The van der Waals surface area contributed by atoms with E-state index in [9.17, 15) is 4.79 Å². The molecule has 0 radical (unpaired) electrons. The summed E-state index contributed by atoms with van der Waals surface area (Å²) in [6, 6.07) is 17.6. The molecule has 2 aromatic rings. The van der Waals surface area contributed by atoms with Crippen molar-refractivity contribution >= 4 is 34.2 Å². The van der Waals surface area contributed by atoms with E-state index in [0.717, 1.165) is 22.9 Å². The van der Waals surface area contributed by atoms with Gasteiger partial charge in [-0.3, -0.25) is 4.79 Å². The van der Waals surface area contributed by atoms with Crippen LogP contribution in [0.3, 0.4) is 0 Å². The van der Waals surface area contributed by atoms with Gasteiger partial charge in [0, 0.05) is 16.4 Å². The van der Waals surface area contributed by atoms with Crippen molar-refractivity contribution in [3.8, 4) is 0 Å². The van der Waals surface area contributed by atoms with E-state index in [4.69, 9.17) is 5.73 Å². The minimum atomic E-state index is -0.507. The predicted octanol–water partition coefficient (Wildman–Crippen LogP) is 3.59. The Bertz CT molecular complexity index is 689. The zero-order valence-electron chi connectivity index (χ0n) is 13.4. The van der Waals surface area contributed by atoms with E-state index in [1.165, 1.54) is 5.56 Å². The Morgan fingerprint density at radius 2 is 1.75 bits per heavy atom. The summed E-state index contributed by atoms with van der Waals surface area (Å²) in [6.07, 6.45) is 2.77. The summed E-state index contributed by atoms with van der Waals surface area (Å²) < 4.78 is 1.11. The summed E-state index contributed by atoms with van der Waals surface area (Å²) in [5.41, 5.74) is 8.48. The Morgan fingerprint density at radius 1 is 1.12 bits per heavy atom. The number of nitrogens with one attached hydrogen (secondary N) is 1. The van der Waals surface area contributed by atoms with Crippen LogP contribution in [0, 0.1) is 0 Å². The number of carbonyl (C=O) groups is 1. The molecule has 128 valence electrons. The number of amides is 1. The van der Waals surface area contributed by atoms with Gasteiger partial charge in [-0.15, -0.1) is 12.4 Å². The Balaban J connectivity index is 0.00000208. The van der Waals surface area contributed by atoms with E-state index < -0.39 is 6.04 Å². The molecule has 5 heteroatoms. The highest BCUT2D eigenvalue weighted by atomic mass is 79.9. The molecule has 0 saturated heterocycles. The molecule has 3 nitrogen and oxygen atoms in total. The number of hydrogen-bond acceptors (Lipinski definition) is 2. The maximum absolute atomic E-state index is 12.3. The fourth-order valence-corrected chi connectivity index (χ4v) is 3.64. The second-order valence-corrected chi connectivity index (χ2v) is 7.13. The Labute approximate surface area is 157 Å². The fraction of sp³-hybridized carbons (Fsp3) is 0.316. The van der Waals surface area contributed by atoms with Crippen molar-refractivity contribution in [2.75, 3.05) is 6.54 Å². The number of halogens is 2. The molecule has 1 aliphatic rings. The number of carbonyl (C=O) groups excluding carboxylic acids is 1. The van der Waals surface area contributed by atoms with Gasteiger partial charge in [0.15, 0.2) is 0 Å². The minimum absolute atomic E-state index is 0. The average Bonchev–Trinajstić information content (AvgIpc) is 3.35. The molecule has 1 atom stereocenters. The van der Waals surface area contributed by atoms with Crippen LogP contribution in [0.15, 0.2) is 59.1 Å². The van der Waals surface area contributed by atoms with Gasteiger partial charge in [0.2, 0.25) is 5.91 Å². The van der Waals surface area contributed by atoms with Crippen LogP contribution in [-0.2, 0) is 16.6 Å². The normalized spacial score (nSPS) is 15.9. The van der Waals surface area contributed by atoms with Crippen molar-refractivity contribution in [1.29, 1.82) is 0 Å². The summed E-state index contributed by atoms with van der Waals surface area (Å²) in [7, 11) is 0. The first-order chi connectivity index (χ1) is 11.1. The molecular weight excluding hydrogens is 388 g/mol. The molecule has 0 aromatic heterocycles. The van der Waals surface area contributed by atoms with Crippen molar-refractivity contribution in [3.63, 3.8) is 0 Å². The second kappa shape index (κ2) is 8.15. The molecule has 1 saturated carbocycles. The number of hydrogen-bond donors (Lipinski definition) is 2. The van der Waals surface area contributed by atoms with Gasteiger partial charge in [0.1, 0.15) is 0 Å². The van der Waals surface area contributed by atoms with Gasteiger partial charge in [0.25, 0.3) is 0 Å². The van der Waals surface area contributed by atoms with Crippen molar-refractivity contribution in [3.05, 3.63) is 70.2 Å². The van der Waals surface area contributed by atoms with Crippen molar-refractivity contribution < 1.29 is 4.79 Å². The van der Waals surface area contributed by atoms with E-state index in [2.05, 4.69) is 33.4 Å². The summed E-state index contributed by atoms with van der Waals surface area (Å²) in [6.45, 7) is 0.650. The van der Waals surface area contributed by atoms with E-state index in [0.29, 0.717) is 13.0 Å². The van der Waals surface area contributed by atoms with Crippen LogP contribution in [0.4, 0.5) is 0 Å². The summed E-state index contributed by atoms with van der Waals surface area (Å²) in [5, 5.41) is 3.05. The van der Waals surface area contributed by atoms with Crippen LogP contribution < -0.4 is 11.1 Å². The van der Waals surface area contributed by atoms with Crippen LogP contribution in [0.25, 0.3) is 0 Å². The van der Waals surface area contributed by atoms with Crippen LogP contribution in [0.5, 0.6) is 0 Å². The summed E-state index contributed by atoms with van der Waals surface area (Å²) in [4.78, 5) is 12.3. The van der Waals surface area contributed by atoms with Crippen LogP contribution in [0.2, 0.25) is 0 Å². The van der Waals surface area contributed by atoms with Crippen molar-refractivity contribution in [2.24, 2.45) is 5.73 Å². The van der Waals surface area contributed by atoms with Crippen LogP contribution >= 0.6 is 28.3 Å². The largest absolute Gasteiger partial charge is 0.354 e. The standard InChI is InChI=1S/C19H21BrN2O.ClH/c20-16-9-5-4-8-15(16)19(10-11-19)13-22-18(23)17(21)12-14-6-2-1-3-7-14;/h1-9,17H,10-13,21H2,(H,22,23);1H/t17-;/m0./s1. The molecule has 0 aliphatic heterocycles. The van der Waals surface area contributed by atoms with E-state index in [-0.39, 0.29) is 23.7 Å². The van der Waals surface area contributed by atoms with Crippen molar-refractivity contribution in [2.45, 2.75) is 30.7 Å². The lowest BCUT2D eigenvalue weighted by atomic mass is 9.95. The van der Waals surface area contributed by atoms with Gasteiger partial charge in [0.05, 0.1) is 6.04 Å². The third-order valence-corrected chi connectivity index (χ3v) is 5.23. The van der Waals surface area contributed by atoms with Gasteiger partial charge in [-0.2, -0.15) is 0 Å². The number of nitrogens with two attached hydrogens (primary N) is 1. The lowest BCUT2D eigenvalue weighted by Gasteiger charge is -2.20. The lowest BCUT2D eigenvalue weighted by Crippen LogP contribution is -2.44. The minimum Gasteiger partial charge on any atom is -0.354 e. The van der Waals surface area contributed by atoms with Gasteiger partial charge in [-0.1, -0.05) is 64.5 Å². The Morgan fingerprint density at radius 3 is 2.38 bits per heavy atom. The third-order valence-electron chi connectivity index (χ3n) is 4.53. The number of rotatable bonds is 6. The maximum atomic E-state index is 12.3. The summed E-state index contributed by atoms with van der Waals surface area (Å²) in [5.74, 6) is -0.0767. The molecule has 2 aromatic carbocycles.